The number of nitrogens with zero attached hydrogens (tertiary/aromatic N) is 3. The minimum absolute atomic E-state index is 0.102. The largest absolute Gasteiger partial charge is 0.456 e. The topological polar surface area (TPSA) is 51.8 Å². The fourth-order valence-electron chi connectivity index (χ4n) is 9.65. The highest BCUT2D eigenvalue weighted by molar-refractivity contribution is 6.13. The molecule has 0 spiro atoms. The summed E-state index contributed by atoms with van der Waals surface area (Å²) < 4.78 is 6.52. The van der Waals surface area contributed by atoms with E-state index in [1.807, 2.05) is 12.1 Å². The molecular formula is C60H41N3O. The standard InChI is InChI=1S/C60H41N3O/c1-60(2)52-24-10-9-22-49(52)51-36-47(31-33-53(51)60)59-62-57(45-20-11-18-42(34-45)40-28-26-39(27-29-40)38-14-5-3-6-15-38)61-58(63-59)46-21-12-19-43(35-46)44-30-32-50-55(37-44)64-54-25-13-23-48(56(50)54)41-16-7-4-8-17-41/h3-37H,1-2H3. The highest BCUT2D eigenvalue weighted by atomic mass is 16.3. The molecule has 0 radical (unpaired) electrons. The Hall–Kier alpha value is -8.21. The second-order valence-electron chi connectivity index (χ2n) is 17.2. The third kappa shape index (κ3) is 6.42. The Balaban J connectivity index is 0.965. The van der Waals surface area contributed by atoms with Gasteiger partial charge in [0.15, 0.2) is 17.5 Å². The van der Waals surface area contributed by atoms with Crippen molar-refractivity contribution in [3.05, 3.63) is 223 Å². The summed E-state index contributed by atoms with van der Waals surface area (Å²) in [5, 5.41) is 2.22. The number of hydrogen-bond acceptors (Lipinski definition) is 4. The molecule has 0 bridgehead atoms. The van der Waals surface area contributed by atoms with Crippen molar-refractivity contribution < 1.29 is 4.42 Å². The van der Waals surface area contributed by atoms with Crippen molar-refractivity contribution in [3.8, 4) is 89.8 Å². The van der Waals surface area contributed by atoms with E-state index in [2.05, 4.69) is 214 Å². The smallest absolute Gasteiger partial charge is 0.164 e. The van der Waals surface area contributed by atoms with Crippen molar-refractivity contribution in [1.29, 1.82) is 0 Å². The Morgan fingerprint density at radius 1 is 0.312 bits per heavy atom. The third-order valence-corrected chi connectivity index (χ3v) is 13.0. The molecule has 0 N–H and O–H groups in total. The van der Waals surface area contributed by atoms with E-state index >= 15 is 0 Å². The molecular weight excluding hydrogens is 779 g/mol. The van der Waals surface area contributed by atoms with Gasteiger partial charge < -0.3 is 4.42 Å². The summed E-state index contributed by atoms with van der Waals surface area (Å²) in [6.45, 7) is 4.61. The van der Waals surface area contributed by atoms with Crippen LogP contribution in [0.3, 0.4) is 0 Å². The van der Waals surface area contributed by atoms with Crippen LogP contribution in [-0.2, 0) is 5.41 Å². The lowest BCUT2D eigenvalue weighted by Crippen LogP contribution is -2.14. The zero-order chi connectivity index (χ0) is 42.8. The molecule has 1 aliphatic rings. The maximum absolute atomic E-state index is 6.52. The highest BCUT2D eigenvalue weighted by Gasteiger charge is 2.35. The Labute approximate surface area is 372 Å². The van der Waals surface area contributed by atoms with E-state index in [-0.39, 0.29) is 5.41 Å². The maximum atomic E-state index is 6.52. The van der Waals surface area contributed by atoms with Crippen LogP contribution < -0.4 is 0 Å². The lowest BCUT2D eigenvalue weighted by atomic mass is 9.82. The summed E-state index contributed by atoms with van der Waals surface area (Å²) in [7, 11) is 0. The lowest BCUT2D eigenvalue weighted by molar-refractivity contribution is 0.660. The second-order valence-corrected chi connectivity index (χ2v) is 17.2. The summed E-state index contributed by atoms with van der Waals surface area (Å²) in [5.74, 6) is 1.86. The van der Waals surface area contributed by atoms with Gasteiger partial charge >= 0.3 is 0 Å². The molecule has 0 saturated carbocycles. The van der Waals surface area contributed by atoms with Crippen molar-refractivity contribution in [2.45, 2.75) is 19.3 Å². The molecule has 0 aliphatic heterocycles. The van der Waals surface area contributed by atoms with Crippen LogP contribution in [0.1, 0.15) is 25.0 Å². The monoisotopic (exact) mass is 819 g/mol. The number of furan rings is 1. The van der Waals surface area contributed by atoms with Gasteiger partial charge in [-0.1, -0.05) is 190 Å². The van der Waals surface area contributed by atoms with Gasteiger partial charge in [-0.2, -0.15) is 0 Å². The van der Waals surface area contributed by atoms with Gasteiger partial charge in [-0.3, -0.25) is 0 Å². The van der Waals surface area contributed by atoms with Crippen molar-refractivity contribution in [3.63, 3.8) is 0 Å². The van der Waals surface area contributed by atoms with Gasteiger partial charge in [0.2, 0.25) is 0 Å². The van der Waals surface area contributed by atoms with Crippen LogP contribution in [0.5, 0.6) is 0 Å². The van der Waals surface area contributed by atoms with Crippen molar-refractivity contribution in [2.75, 3.05) is 0 Å². The lowest BCUT2D eigenvalue weighted by Gasteiger charge is -2.21. The summed E-state index contributed by atoms with van der Waals surface area (Å²) >= 11 is 0. The number of rotatable bonds is 7. The summed E-state index contributed by atoms with van der Waals surface area (Å²) in [4.78, 5) is 15.7. The van der Waals surface area contributed by atoms with E-state index in [0.29, 0.717) is 17.5 Å². The molecule has 0 fully saturated rings. The van der Waals surface area contributed by atoms with Crippen LogP contribution in [0.4, 0.5) is 0 Å². The van der Waals surface area contributed by atoms with Gasteiger partial charge in [-0.05, 0) is 103 Å². The second kappa shape index (κ2) is 15.0. The summed E-state index contributed by atoms with van der Waals surface area (Å²) in [5.41, 5.74) is 18.5. The first-order valence-corrected chi connectivity index (χ1v) is 21.8. The van der Waals surface area contributed by atoms with Crippen LogP contribution in [0.2, 0.25) is 0 Å². The first-order valence-electron chi connectivity index (χ1n) is 21.8. The molecule has 0 atom stereocenters. The van der Waals surface area contributed by atoms with Gasteiger partial charge in [0.25, 0.3) is 0 Å². The molecule has 0 unspecified atom stereocenters. The Morgan fingerprint density at radius 2 is 0.766 bits per heavy atom. The molecule has 11 aromatic rings. The average Bonchev–Trinajstić information content (AvgIpc) is 3.85. The number of aromatic nitrogens is 3. The Kier molecular flexibility index (Phi) is 8.80. The predicted molar refractivity (Wildman–Crippen MR) is 263 cm³/mol. The fraction of sp³-hybridized carbons (Fsp3) is 0.0500. The molecule has 302 valence electrons. The van der Waals surface area contributed by atoms with E-state index in [0.717, 1.165) is 66.4 Å². The molecule has 4 nitrogen and oxygen atoms in total. The summed E-state index contributed by atoms with van der Waals surface area (Å²) in [6.07, 6.45) is 0. The van der Waals surface area contributed by atoms with Crippen molar-refractivity contribution >= 4 is 21.9 Å². The third-order valence-electron chi connectivity index (χ3n) is 13.0. The van der Waals surface area contributed by atoms with Crippen LogP contribution in [0.25, 0.3) is 112 Å². The van der Waals surface area contributed by atoms with E-state index in [1.165, 1.54) is 38.9 Å². The van der Waals surface area contributed by atoms with E-state index in [1.54, 1.807) is 0 Å². The molecule has 2 heterocycles. The molecule has 0 saturated heterocycles. The maximum Gasteiger partial charge on any atom is 0.164 e. The Bertz CT molecular complexity index is 3570. The van der Waals surface area contributed by atoms with Crippen molar-refractivity contribution in [2.24, 2.45) is 0 Å². The Morgan fingerprint density at radius 3 is 1.45 bits per heavy atom. The van der Waals surface area contributed by atoms with Crippen LogP contribution in [0.15, 0.2) is 217 Å². The average molecular weight is 820 g/mol. The molecule has 12 rings (SSSR count). The minimum Gasteiger partial charge on any atom is -0.456 e. The van der Waals surface area contributed by atoms with Gasteiger partial charge in [0, 0.05) is 32.9 Å². The number of benzene rings is 9. The first-order chi connectivity index (χ1) is 31.4. The quantitative estimate of drug-likeness (QED) is 0.161. The minimum atomic E-state index is -0.102. The SMILES string of the molecule is CC1(C)c2ccccc2-c2cc(-c3nc(-c4cccc(-c5ccc(-c6ccccc6)cc5)c4)nc(-c4cccc(-c5ccc6c(c5)oc5cccc(-c7ccccc7)c56)c4)n3)ccc21. The zero-order valence-corrected chi connectivity index (χ0v) is 35.5. The number of hydrogen-bond donors (Lipinski definition) is 0. The fourth-order valence-corrected chi connectivity index (χ4v) is 9.65. The number of fused-ring (bicyclic) bond motifs is 6. The van der Waals surface area contributed by atoms with Gasteiger partial charge in [-0.25, -0.2) is 15.0 Å². The van der Waals surface area contributed by atoms with E-state index < -0.39 is 0 Å². The predicted octanol–water partition coefficient (Wildman–Crippen LogP) is 15.7. The molecule has 2 aromatic heterocycles. The van der Waals surface area contributed by atoms with Gasteiger partial charge in [0.1, 0.15) is 11.2 Å². The highest BCUT2D eigenvalue weighted by Crippen LogP contribution is 2.49. The molecule has 64 heavy (non-hydrogen) atoms. The molecule has 9 aromatic carbocycles. The van der Waals surface area contributed by atoms with Gasteiger partial charge in [-0.15, -0.1) is 0 Å². The normalized spacial score (nSPS) is 12.7. The first kappa shape index (κ1) is 37.5. The molecule has 4 heteroatoms. The zero-order valence-electron chi connectivity index (χ0n) is 35.5. The van der Waals surface area contributed by atoms with E-state index in [4.69, 9.17) is 19.4 Å². The van der Waals surface area contributed by atoms with Gasteiger partial charge in [0.05, 0.1) is 0 Å². The molecule has 1 aliphatic carbocycles. The van der Waals surface area contributed by atoms with Crippen molar-refractivity contribution in [1.82, 2.24) is 15.0 Å². The summed E-state index contributed by atoms with van der Waals surface area (Å²) in [6, 6.07) is 74.9. The van der Waals surface area contributed by atoms with Crippen LogP contribution in [0, 0.1) is 0 Å². The molecule has 0 amide bonds. The van der Waals surface area contributed by atoms with E-state index in [9.17, 15) is 0 Å². The van der Waals surface area contributed by atoms with Crippen LogP contribution >= 0.6 is 0 Å². The van der Waals surface area contributed by atoms with Crippen LogP contribution in [-0.4, -0.2) is 15.0 Å².